The smallest absolute Gasteiger partial charge is 0.274 e. The number of aromatic nitrogens is 2. The van der Waals surface area contributed by atoms with E-state index in [0.29, 0.717) is 15.2 Å². The number of imidazole rings is 1. The van der Waals surface area contributed by atoms with E-state index in [2.05, 4.69) is 4.98 Å². The highest BCUT2D eigenvalue weighted by molar-refractivity contribution is 7.15. The SMILES string of the molecule is COc1ccc(/C=c2/sc3nc4c(C)cccc4n3c2=O)cc1O. The predicted molar refractivity (Wildman–Crippen MR) is 95.0 cm³/mol. The monoisotopic (exact) mass is 338 g/mol. The van der Waals surface area contributed by atoms with E-state index in [9.17, 15) is 9.90 Å². The number of aromatic hydroxyl groups is 1. The van der Waals surface area contributed by atoms with Crippen LogP contribution in [0.4, 0.5) is 0 Å². The van der Waals surface area contributed by atoms with E-state index in [0.717, 1.165) is 22.2 Å². The molecule has 0 fully saturated rings. The van der Waals surface area contributed by atoms with Gasteiger partial charge >= 0.3 is 0 Å². The molecule has 0 spiro atoms. The van der Waals surface area contributed by atoms with Gasteiger partial charge in [0.05, 0.1) is 22.7 Å². The second-order valence-electron chi connectivity index (χ2n) is 5.52. The lowest BCUT2D eigenvalue weighted by Crippen LogP contribution is -2.22. The molecule has 2 aromatic heterocycles. The molecule has 120 valence electrons. The van der Waals surface area contributed by atoms with Crippen LogP contribution in [0.1, 0.15) is 11.1 Å². The van der Waals surface area contributed by atoms with Gasteiger partial charge in [0, 0.05) is 0 Å². The molecule has 1 N–H and O–H groups in total. The summed E-state index contributed by atoms with van der Waals surface area (Å²) in [5, 5.41) is 9.87. The van der Waals surface area contributed by atoms with Gasteiger partial charge in [-0.1, -0.05) is 29.5 Å². The molecule has 0 saturated carbocycles. The molecule has 2 aromatic carbocycles. The maximum Gasteiger partial charge on any atom is 0.274 e. The summed E-state index contributed by atoms with van der Waals surface area (Å²) in [7, 11) is 1.50. The summed E-state index contributed by atoms with van der Waals surface area (Å²) >= 11 is 1.34. The number of thiazole rings is 1. The van der Waals surface area contributed by atoms with Crippen molar-refractivity contribution in [2.45, 2.75) is 6.92 Å². The third-order valence-electron chi connectivity index (χ3n) is 3.97. The minimum Gasteiger partial charge on any atom is -0.504 e. The molecule has 0 amide bonds. The Morgan fingerprint density at radius 3 is 2.88 bits per heavy atom. The normalized spacial score (nSPS) is 12.3. The standard InChI is InChI=1S/C18H14N2O3S/c1-10-4-3-5-12-16(10)19-18-20(12)17(22)15(24-18)9-11-6-7-14(23-2)13(21)8-11/h3-9,21H,1-2H3/b15-9+. The van der Waals surface area contributed by atoms with Gasteiger partial charge in [0.25, 0.3) is 5.56 Å². The molecule has 0 atom stereocenters. The summed E-state index contributed by atoms with van der Waals surface area (Å²) in [5.41, 5.74) is 3.36. The van der Waals surface area contributed by atoms with Gasteiger partial charge in [-0.3, -0.25) is 4.79 Å². The lowest BCUT2D eigenvalue weighted by Gasteiger charge is -2.02. The lowest BCUT2D eigenvalue weighted by molar-refractivity contribution is 0.373. The second kappa shape index (κ2) is 5.35. The Labute approximate surface area is 141 Å². The van der Waals surface area contributed by atoms with Crippen LogP contribution < -0.4 is 14.8 Å². The van der Waals surface area contributed by atoms with Crippen LogP contribution in [0.5, 0.6) is 11.5 Å². The fourth-order valence-corrected chi connectivity index (χ4v) is 3.75. The molecule has 4 rings (SSSR count). The van der Waals surface area contributed by atoms with Crippen LogP contribution >= 0.6 is 11.3 Å². The first-order valence-electron chi connectivity index (χ1n) is 7.38. The number of rotatable bonds is 2. The molecule has 0 radical (unpaired) electrons. The molecule has 0 aliphatic heterocycles. The molecule has 0 bridgehead atoms. The van der Waals surface area contributed by atoms with Gasteiger partial charge in [0.1, 0.15) is 0 Å². The number of para-hydroxylation sites is 1. The highest BCUT2D eigenvalue weighted by Gasteiger charge is 2.12. The van der Waals surface area contributed by atoms with Gasteiger partial charge in [0.2, 0.25) is 0 Å². The summed E-state index contributed by atoms with van der Waals surface area (Å²) in [4.78, 5) is 18.0. The van der Waals surface area contributed by atoms with E-state index >= 15 is 0 Å². The molecule has 4 aromatic rings. The zero-order valence-electron chi connectivity index (χ0n) is 13.1. The fraction of sp³-hybridized carbons (Fsp3) is 0.111. The van der Waals surface area contributed by atoms with Gasteiger partial charge < -0.3 is 9.84 Å². The van der Waals surface area contributed by atoms with Crippen molar-refractivity contribution in [3.05, 3.63) is 62.4 Å². The van der Waals surface area contributed by atoms with Crippen molar-refractivity contribution in [1.29, 1.82) is 0 Å². The number of hydrogen-bond donors (Lipinski definition) is 1. The number of methoxy groups -OCH3 is 1. The third kappa shape index (κ3) is 2.15. The number of fused-ring (bicyclic) bond motifs is 3. The molecule has 24 heavy (non-hydrogen) atoms. The summed E-state index contributed by atoms with van der Waals surface area (Å²) in [5.74, 6) is 0.443. The Balaban J connectivity index is 1.95. The minimum absolute atomic E-state index is 0.0427. The molecule has 0 saturated heterocycles. The van der Waals surface area contributed by atoms with Gasteiger partial charge in [-0.2, -0.15) is 0 Å². The molecule has 0 unspecified atom stereocenters. The van der Waals surface area contributed by atoms with Crippen molar-refractivity contribution in [2.75, 3.05) is 7.11 Å². The fourth-order valence-electron chi connectivity index (χ4n) is 2.77. The van der Waals surface area contributed by atoms with Crippen molar-refractivity contribution in [1.82, 2.24) is 9.38 Å². The van der Waals surface area contributed by atoms with Crippen LogP contribution in [0.25, 0.3) is 22.1 Å². The Bertz CT molecular complexity index is 1190. The predicted octanol–water partition coefficient (Wildman–Crippen LogP) is 2.48. The van der Waals surface area contributed by atoms with Crippen molar-refractivity contribution in [3.8, 4) is 11.5 Å². The summed E-state index contributed by atoms with van der Waals surface area (Å²) in [6, 6.07) is 10.8. The van der Waals surface area contributed by atoms with Crippen LogP contribution in [0.15, 0.2) is 41.2 Å². The van der Waals surface area contributed by atoms with Gasteiger partial charge in [-0.05, 0) is 42.3 Å². The zero-order chi connectivity index (χ0) is 16.8. The summed E-state index contributed by atoms with van der Waals surface area (Å²) in [6.07, 6.45) is 1.75. The molecule has 2 heterocycles. The highest BCUT2D eigenvalue weighted by Crippen LogP contribution is 2.26. The van der Waals surface area contributed by atoms with Crippen molar-refractivity contribution in [3.63, 3.8) is 0 Å². The van der Waals surface area contributed by atoms with E-state index in [1.54, 1.807) is 28.7 Å². The first-order chi connectivity index (χ1) is 11.6. The van der Waals surface area contributed by atoms with Gasteiger partial charge in [-0.25, -0.2) is 9.38 Å². The van der Waals surface area contributed by atoms with E-state index < -0.39 is 0 Å². The van der Waals surface area contributed by atoms with Gasteiger partial charge in [-0.15, -0.1) is 0 Å². The quantitative estimate of drug-likeness (QED) is 0.610. The Hall–Kier alpha value is -2.86. The largest absolute Gasteiger partial charge is 0.504 e. The summed E-state index contributed by atoms with van der Waals surface area (Å²) in [6.45, 7) is 1.98. The number of ether oxygens (including phenoxy) is 1. The molecular weight excluding hydrogens is 324 g/mol. The van der Waals surface area contributed by atoms with Crippen LogP contribution in [-0.2, 0) is 0 Å². The summed E-state index contributed by atoms with van der Waals surface area (Å²) < 4.78 is 7.25. The number of aryl methyl sites for hydroxylation is 1. The van der Waals surface area contributed by atoms with Crippen LogP contribution in [0.2, 0.25) is 0 Å². The maximum absolute atomic E-state index is 12.7. The molecule has 5 nitrogen and oxygen atoms in total. The highest BCUT2D eigenvalue weighted by atomic mass is 32.1. The van der Waals surface area contributed by atoms with Crippen LogP contribution in [0.3, 0.4) is 0 Å². The minimum atomic E-state index is -0.0987. The number of phenols is 1. The Morgan fingerprint density at radius 2 is 2.12 bits per heavy atom. The van der Waals surface area contributed by atoms with E-state index in [4.69, 9.17) is 4.74 Å². The average molecular weight is 338 g/mol. The maximum atomic E-state index is 12.7. The van der Waals surface area contributed by atoms with Crippen molar-refractivity contribution < 1.29 is 9.84 Å². The van der Waals surface area contributed by atoms with E-state index in [1.165, 1.54) is 18.4 Å². The molecular formula is C18H14N2O3S. The molecule has 0 aliphatic carbocycles. The van der Waals surface area contributed by atoms with Gasteiger partial charge in [0.15, 0.2) is 16.5 Å². The van der Waals surface area contributed by atoms with Crippen LogP contribution in [0, 0.1) is 6.92 Å². The third-order valence-corrected chi connectivity index (χ3v) is 4.94. The number of hydrogen-bond acceptors (Lipinski definition) is 5. The number of phenolic OH excluding ortho intramolecular Hbond substituents is 1. The second-order valence-corrected chi connectivity index (χ2v) is 6.53. The topological polar surface area (TPSA) is 63.8 Å². The number of nitrogens with zero attached hydrogens (tertiary/aromatic N) is 2. The van der Waals surface area contributed by atoms with E-state index in [1.807, 2.05) is 25.1 Å². The molecule has 6 heteroatoms. The zero-order valence-corrected chi connectivity index (χ0v) is 13.9. The first-order valence-corrected chi connectivity index (χ1v) is 8.19. The van der Waals surface area contributed by atoms with E-state index in [-0.39, 0.29) is 11.3 Å². The first kappa shape index (κ1) is 14.7. The number of benzene rings is 2. The average Bonchev–Trinajstić information content (AvgIpc) is 3.06. The van der Waals surface area contributed by atoms with Crippen molar-refractivity contribution >= 4 is 33.4 Å². The Morgan fingerprint density at radius 1 is 1.29 bits per heavy atom. The van der Waals surface area contributed by atoms with Crippen LogP contribution in [-0.4, -0.2) is 21.6 Å². The molecule has 0 aliphatic rings. The Kier molecular flexibility index (Phi) is 3.28. The lowest BCUT2D eigenvalue weighted by atomic mass is 10.2. The van der Waals surface area contributed by atoms with Crippen molar-refractivity contribution in [2.24, 2.45) is 0 Å².